The fourth-order valence-electron chi connectivity index (χ4n) is 2.84. The van der Waals surface area contributed by atoms with E-state index in [0.717, 1.165) is 11.3 Å². The summed E-state index contributed by atoms with van der Waals surface area (Å²) in [5.74, 6) is 1.54. The van der Waals surface area contributed by atoms with E-state index in [4.69, 9.17) is 14.2 Å². The third-order valence-corrected chi connectivity index (χ3v) is 5.01. The smallest absolute Gasteiger partial charge is 0.255 e. The summed E-state index contributed by atoms with van der Waals surface area (Å²) in [6.45, 7) is 4.96. The molecule has 3 aromatic rings. The minimum absolute atomic E-state index is 0.247. The van der Waals surface area contributed by atoms with Crippen LogP contribution >= 0.6 is 15.9 Å². The van der Waals surface area contributed by atoms with Gasteiger partial charge in [0, 0.05) is 11.3 Å². The van der Waals surface area contributed by atoms with Crippen LogP contribution in [-0.4, -0.2) is 19.6 Å². The summed E-state index contributed by atoms with van der Waals surface area (Å²) in [5.41, 5.74) is 3.38. The van der Waals surface area contributed by atoms with E-state index in [0.29, 0.717) is 40.4 Å². The van der Waals surface area contributed by atoms with Gasteiger partial charge in [0.2, 0.25) is 0 Å². The van der Waals surface area contributed by atoms with Gasteiger partial charge in [-0.3, -0.25) is 4.79 Å². The van der Waals surface area contributed by atoms with E-state index in [1.807, 2.05) is 50.2 Å². The standard InChI is InChI=1S/C24H24BrNO4/c1-4-29-20-11-9-19(10-12-20)26-24(27)18-13-21(25)23(22(14-18)28-3)30-15-17-7-5-16(2)6-8-17/h5-14H,4,15H2,1-3H3,(H,26,27). The van der Waals surface area contributed by atoms with Crippen molar-refractivity contribution in [3.05, 3.63) is 81.8 Å². The van der Waals surface area contributed by atoms with Crippen molar-refractivity contribution in [2.45, 2.75) is 20.5 Å². The van der Waals surface area contributed by atoms with Crippen molar-refractivity contribution >= 4 is 27.5 Å². The highest BCUT2D eigenvalue weighted by atomic mass is 79.9. The summed E-state index contributed by atoms with van der Waals surface area (Å²) in [6.07, 6.45) is 0. The number of methoxy groups -OCH3 is 1. The molecule has 0 saturated heterocycles. The number of carbonyl (C=O) groups is 1. The lowest BCUT2D eigenvalue weighted by Crippen LogP contribution is -2.12. The number of hydrogen-bond donors (Lipinski definition) is 1. The van der Waals surface area contributed by atoms with Crippen LogP contribution in [0.3, 0.4) is 0 Å². The maximum absolute atomic E-state index is 12.7. The molecule has 0 aliphatic heterocycles. The number of rotatable bonds is 8. The lowest BCUT2D eigenvalue weighted by atomic mass is 10.1. The van der Waals surface area contributed by atoms with Crippen LogP contribution in [0.4, 0.5) is 5.69 Å². The summed E-state index contributed by atoms with van der Waals surface area (Å²) in [5, 5.41) is 2.88. The molecular weight excluding hydrogens is 446 g/mol. The molecule has 3 aromatic carbocycles. The van der Waals surface area contributed by atoms with E-state index in [2.05, 4.69) is 21.2 Å². The minimum Gasteiger partial charge on any atom is -0.494 e. The average molecular weight is 470 g/mol. The van der Waals surface area contributed by atoms with Gasteiger partial charge in [0.1, 0.15) is 12.4 Å². The maximum atomic E-state index is 12.7. The van der Waals surface area contributed by atoms with Gasteiger partial charge in [-0.05, 0) is 71.7 Å². The third-order valence-electron chi connectivity index (χ3n) is 4.42. The number of amides is 1. The van der Waals surface area contributed by atoms with Crippen LogP contribution in [0, 0.1) is 6.92 Å². The predicted octanol–water partition coefficient (Wildman–Crippen LogP) is 6.00. The first-order chi connectivity index (χ1) is 14.5. The van der Waals surface area contributed by atoms with Gasteiger partial charge in [0.15, 0.2) is 11.5 Å². The molecule has 30 heavy (non-hydrogen) atoms. The molecule has 0 bridgehead atoms. The van der Waals surface area contributed by atoms with Crippen molar-refractivity contribution in [3.63, 3.8) is 0 Å². The van der Waals surface area contributed by atoms with Gasteiger partial charge in [-0.15, -0.1) is 0 Å². The quantitative estimate of drug-likeness (QED) is 0.439. The molecule has 0 spiro atoms. The first kappa shape index (κ1) is 21.7. The molecule has 0 fully saturated rings. The second-order valence-corrected chi connectivity index (χ2v) is 7.53. The fraction of sp³-hybridized carbons (Fsp3) is 0.208. The molecule has 0 saturated carbocycles. The SMILES string of the molecule is CCOc1ccc(NC(=O)c2cc(Br)c(OCc3ccc(C)cc3)c(OC)c2)cc1. The number of anilines is 1. The van der Waals surface area contributed by atoms with Crippen LogP contribution in [0.1, 0.15) is 28.4 Å². The Morgan fingerprint density at radius 2 is 1.70 bits per heavy atom. The zero-order chi connectivity index (χ0) is 21.5. The fourth-order valence-corrected chi connectivity index (χ4v) is 3.39. The lowest BCUT2D eigenvalue weighted by Gasteiger charge is -2.15. The van der Waals surface area contributed by atoms with E-state index in [9.17, 15) is 4.79 Å². The molecule has 0 aliphatic rings. The summed E-state index contributed by atoms with van der Waals surface area (Å²) in [7, 11) is 1.55. The molecule has 3 rings (SSSR count). The number of carbonyl (C=O) groups excluding carboxylic acids is 1. The van der Waals surface area contributed by atoms with Crippen molar-refractivity contribution in [1.29, 1.82) is 0 Å². The molecule has 156 valence electrons. The number of ether oxygens (including phenoxy) is 3. The second kappa shape index (κ2) is 10.2. The van der Waals surface area contributed by atoms with Gasteiger partial charge >= 0.3 is 0 Å². The Balaban J connectivity index is 1.73. The Hall–Kier alpha value is -2.99. The van der Waals surface area contributed by atoms with E-state index in [1.165, 1.54) is 5.56 Å². The van der Waals surface area contributed by atoms with Crippen molar-refractivity contribution in [2.75, 3.05) is 19.0 Å². The molecule has 0 heterocycles. The number of hydrogen-bond acceptors (Lipinski definition) is 4. The van der Waals surface area contributed by atoms with E-state index >= 15 is 0 Å². The monoisotopic (exact) mass is 469 g/mol. The van der Waals surface area contributed by atoms with Crippen LogP contribution in [-0.2, 0) is 6.61 Å². The normalized spacial score (nSPS) is 10.4. The van der Waals surface area contributed by atoms with E-state index in [-0.39, 0.29) is 5.91 Å². The molecule has 0 aliphatic carbocycles. The van der Waals surface area contributed by atoms with Gasteiger partial charge in [0.05, 0.1) is 18.2 Å². The van der Waals surface area contributed by atoms with Crippen LogP contribution < -0.4 is 19.5 Å². The molecule has 1 N–H and O–H groups in total. The average Bonchev–Trinajstić information content (AvgIpc) is 2.75. The molecule has 5 nitrogen and oxygen atoms in total. The predicted molar refractivity (Wildman–Crippen MR) is 122 cm³/mol. The highest BCUT2D eigenvalue weighted by molar-refractivity contribution is 9.10. The highest BCUT2D eigenvalue weighted by Gasteiger charge is 2.16. The van der Waals surface area contributed by atoms with Gasteiger partial charge in [-0.2, -0.15) is 0 Å². The Kier molecular flexibility index (Phi) is 7.36. The van der Waals surface area contributed by atoms with Crippen molar-refractivity contribution in [3.8, 4) is 17.2 Å². The van der Waals surface area contributed by atoms with Gasteiger partial charge in [-0.25, -0.2) is 0 Å². The molecule has 0 atom stereocenters. The third kappa shape index (κ3) is 5.54. The van der Waals surface area contributed by atoms with Crippen LogP contribution in [0.25, 0.3) is 0 Å². The van der Waals surface area contributed by atoms with Gasteiger partial charge in [0.25, 0.3) is 5.91 Å². The van der Waals surface area contributed by atoms with Crippen molar-refractivity contribution in [1.82, 2.24) is 0 Å². The minimum atomic E-state index is -0.247. The van der Waals surface area contributed by atoms with Gasteiger partial charge < -0.3 is 19.5 Å². The summed E-state index contributed by atoms with van der Waals surface area (Å²) < 4.78 is 17.5. The maximum Gasteiger partial charge on any atom is 0.255 e. The zero-order valence-corrected chi connectivity index (χ0v) is 18.8. The molecule has 0 aromatic heterocycles. The highest BCUT2D eigenvalue weighted by Crippen LogP contribution is 2.37. The first-order valence-corrected chi connectivity index (χ1v) is 10.4. The van der Waals surface area contributed by atoms with Crippen LogP contribution in [0.15, 0.2) is 65.1 Å². The molecule has 1 amide bonds. The van der Waals surface area contributed by atoms with E-state index < -0.39 is 0 Å². The largest absolute Gasteiger partial charge is 0.494 e. The molecule has 6 heteroatoms. The summed E-state index contributed by atoms with van der Waals surface area (Å²) >= 11 is 3.50. The Morgan fingerprint density at radius 3 is 2.33 bits per heavy atom. The Bertz CT molecular complexity index is 1000. The topological polar surface area (TPSA) is 56.8 Å². The number of aryl methyl sites for hydroxylation is 1. The Morgan fingerprint density at radius 1 is 1.00 bits per heavy atom. The zero-order valence-electron chi connectivity index (χ0n) is 17.2. The molecule has 0 unspecified atom stereocenters. The first-order valence-electron chi connectivity index (χ1n) is 9.60. The number of halogens is 1. The van der Waals surface area contributed by atoms with Crippen molar-refractivity contribution in [2.24, 2.45) is 0 Å². The van der Waals surface area contributed by atoms with Crippen LogP contribution in [0.2, 0.25) is 0 Å². The lowest BCUT2D eigenvalue weighted by molar-refractivity contribution is 0.102. The summed E-state index contributed by atoms with van der Waals surface area (Å²) in [4.78, 5) is 12.7. The number of benzene rings is 3. The number of nitrogens with one attached hydrogen (secondary N) is 1. The second-order valence-electron chi connectivity index (χ2n) is 6.68. The van der Waals surface area contributed by atoms with Crippen LogP contribution in [0.5, 0.6) is 17.2 Å². The molecular formula is C24H24BrNO4. The Labute approximate surface area is 185 Å². The van der Waals surface area contributed by atoms with Crippen molar-refractivity contribution < 1.29 is 19.0 Å². The molecule has 0 radical (unpaired) electrons. The van der Waals surface area contributed by atoms with Gasteiger partial charge in [-0.1, -0.05) is 29.8 Å². The summed E-state index contributed by atoms with van der Waals surface area (Å²) in [6, 6.07) is 18.7. The van der Waals surface area contributed by atoms with E-state index in [1.54, 1.807) is 31.4 Å².